The van der Waals surface area contributed by atoms with Gasteiger partial charge in [0.1, 0.15) is 11.5 Å². The van der Waals surface area contributed by atoms with Gasteiger partial charge in [-0.2, -0.15) is 0 Å². The molecule has 152 valence electrons. The molecule has 5 nitrogen and oxygen atoms in total. The summed E-state index contributed by atoms with van der Waals surface area (Å²) in [6.45, 7) is 9.41. The number of hydrogen-bond acceptors (Lipinski definition) is 4. The zero-order chi connectivity index (χ0) is 20.7. The number of allylic oxidation sites excluding steroid dienone is 1. The molecule has 0 radical (unpaired) electrons. The fraction of sp³-hybridized carbons (Fsp3) is 0.364. The van der Waals surface area contributed by atoms with Crippen molar-refractivity contribution in [2.75, 3.05) is 18.5 Å². The molecule has 2 aromatic carbocycles. The smallest absolute Gasteiger partial charge is 0.238 e. The third-order valence-electron chi connectivity index (χ3n) is 4.78. The second-order valence-electron chi connectivity index (χ2n) is 6.91. The number of ether oxygens (including phenoxy) is 1. The molecule has 0 saturated carbocycles. The van der Waals surface area contributed by atoms with Crippen molar-refractivity contribution in [3.8, 4) is 5.75 Å². The van der Waals surface area contributed by atoms with E-state index in [4.69, 9.17) is 9.88 Å². The van der Waals surface area contributed by atoms with Gasteiger partial charge in [0.2, 0.25) is 10.0 Å². The van der Waals surface area contributed by atoms with Crippen LogP contribution in [0, 0.1) is 0 Å². The lowest BCUT2D eigenvalue weighted by atomic mass is 9.94. The summed E-state index contributed by atoms with van der Waals surface area (Å²) < 4.78 is 28.6. The molecule has 1 unspecified atom stereocenters. The van der Waals surface area contributed by atoms with E-state index in [9.17, 15) is 8.42 Å². The summed E-state index contributed by atoms with van der Waals surface area (Å²) in [5.41, 5.74) is 2.33. The van der Waals surface area contributed by atoms with Crippen molar-refractivity contribution in [3.63, 3.8) is 0 Å². The van der Waals surface area contributed by atoms with Crippen LogP contribution in [0.3, 0.4) is 0 Å². The molecule has 0 aliphatic rings. The molecule has 28 heavy (non-hydrogen) atoms. The number of rotatable bonds is 10. The Hall–Kier alpha value is -2.31. The predicted molar refractivity (Wildman–Crippen MR) is 115 cm³/mol. The van der Waals surface area contributed by atoms with Crippen LogP contribution in [0.2, 0.25) is 0 Å². The van der Waals surface area contributed by atoms with E-state index in [0.717, 1.165) is 18.5 Å². The predicted octanol–water partition coefficient (Wildman–Crippen LogP) is 4.66. The first-order valence-corrected chi connectivity index (χ1v) is 11.1. The van der Waals surface area contributed by atoms with Crippen molar-refractivity contribution in [2.24, 2.45) is 5.14 Å². The largest absolute Gasteiger partial charge is 0.462 e. The Kier molecular flexibility index (Phi) is 7.66. The number of sulfonamides is 1. The summed E-state index contributed by atoms with van der Waals surface area (Å²) in [6.07, 6.45) is 3.19. The maximum atomic E-state index is 11.4. The summed E-state index contributed by atoms with van der Waals surface area (Å²) in [5, 5.41) is 5.12. The number of primary sulfonamides is 1. The fourth-order valence-corrected chi connectivity index (χ4v) is 3.57. The third-order valence-corrected chi connectivity index (χ3v) is 5.71. The number of anilines is 1. The van der Waals surface area contributed by atoms with Crippen LogP contribution in [0.15, 0.2) is 65.8 Å². The molecular weight excluding hydrogens is 372 g/mol. The van der Waals surface area contributed by atoms with E-state index in [1.165, 1.54) is 30.7 Å². The van der Waals surface area contributed by atoms with E-state index in [1.54, 1.807) is 12.1 Å². The molecule has 0 aliphatic carbocycles. The Morgan fingerprint density at radius 2 is 1.71 bits per heavy atom. The lowest BCUT2D eigenvalue weighted by Gasteiger charge is -2.22. The highest BCUT2D eigenvalue weighted by Crippen LogP contribution is 2.30. The Balaban J connectivity index is 2.08. The summed E-state index contributed by atoms with van der Waals surface area (Å²) in [5.74, 6) is 1.21. The maximum Gasteiger partial charge on any atom is 0.238 e. The molecule has 0 amide bonds. The van der Waals surface area contributed by atoms with Gasteiger partial charge in [-0.05, 0) is 54.8 Å². The number of unbranched alkanes of at least 4 members (excludes halogenated alkanes) is 1. The highest BCUT2D eigenvalue weighted by Gasteiger charge is 2.16. The van der Waals surface area contributed by atoms with Crippen LogP contribution in [0.5, 0.6) is 5.75 Å². The summed E-state index contributed by atoms with van der Waals surface area (Å²) in [4.78, 5) is 2.31. The van der Waals surface area contributed by atoms with Crippen molar-refractivity contribution in [1.29, 1.82) is 0 Å². The van der Waals surface area contributed by atoms with Crippen molar-refractivity contribution >= 4 is 15.7 Å². The van der Waals surface area contributed by atoms with E-state index >= 15 is 0 Å². The zero-order valence-electron chi connectivity index (χ0n) is 16.9. The average Bonchev–Trinajstić information content (AvgIpc) is 2.67. The van der Waals surface area contributed by atoms with Crippen LogP contribution in [-0.4, -0.2) is 22.0 Å². The average molecular weight is 403 g/mol. The minimum atomic E-state index is -3.71. The van der Waals surface area contributed by atoms with Gasteiger partial charge in [0.15, 0.2) is 0 Å². The number of benzene rings is 2. The normalized spacial score (nSPS) is 12.4. The van der Waals surface area contributed by atoms with Crippen LogP contribution in [0.25, 0.3) is 0 Å². The van der Waals surface area contributed by atoms with Crippen LogP contribution < -0.4 is 14.8 Å². The van der Waals surface area contributed by atoms with E-state index in [1.807, 2.05) is 0 Å². The molecule has 0 fully saturated rings. The minimum absolute atomic E-state index is 0.0490. The summed E-state index contributed by atoms with van der Waals surface area (Å²) in [6, 6.07) is 14.5. The van der Waals surface area contributed by atoms with Gasteiger partial charge >= 0.3 is 0 Å². The quantitative estimate of drug-likeness (QED) is 0.587. The molecule has 0 heterocycles. The first-order chi connectivity index (χ1) is 13.3. The van der Waals surface area contributed by atoms with Crippen molar-refractivity contribution in [2.45, 2.75) is 43.9 Å². The highest BCUT2D eigenvalue weighted by molar-refractivity contribution is 7.89. The van der Waals surface area contributed by atoms with Gasteiger partial charge in [-0.1, -0.05) is 39.0 Å². The zero-order valence-corrected chi connectivity index (χ0v) is 17.7. The van der Waals surface area contributed by atoms with Crippen LogP contribution in [-0.2, 0) is 10.0 Å². The van der Waals surface area contributed by atoms with Gasteiger partial charge in [-0.3, -0.25) is 0 Å². The summed E-state index contributed by atoms with van der Waals surface area (Å²) in [7, 11) is -1.60. The molecule has 0 saturated heterocycles. The maximum absolute atomic E-state index is 11.4. The Bertz CT molecular complexity index is 875. The second-order valence-corrected chi connectivity index (χ2v) is 8.47. The summed E-state index contributed by atoms with van der Waals surface area (Å²) >= 11 is 0. The van der Waals surface area contributed by atoms with E-state index in [-0.39, 0.29) is 10.8 Å². The molecule has 6 heteroatoms. The minimum Gasteiger partial charge on any atom is -0.462 e. The monoisotopic (exact) mass is 402 g/mol. The Morgan fingerprint density at radius 1 is 1.11 bits per heavy atom. The topological polar surface area (TPSA) is 72.6 Å². The van der Waals surface area contributed by atoms with Crippen molar-refractivity contribution in [3.05, 3.63) is 66.4 Å². The molecule has 0 spiro atoms. The van der Waals surface area contributed by atoms with E-state index in [0.29, 0.717) is 11.5 Å². The van der Waals surface area contributed by atoms with Crippen LogP contribution >= 0.6 is 0 Å². The lowest BCUT2D eigenvalue weighted by Crippen LogP contribution is -2.18. The van der Waals surface area contributed by atoms with Crippen molar-refractivity contribution < 1.29 is 13.2 Å². The molecule has 2 rings (SSSR count). The van der Waals surface area contributed by atoms with E-state index in [2.05, 4.69) is 56.6 Å². The molecule has 0 aliphatic heterocycles. The third kappa shape index (κ3) is 5.84. The van der Waals surface area contributed by atoms with Gasteiger partial charge in [0, 0.05) is 25.2 Å². The molecule has 1 atom stereocenters. The highest BCUT2D eigenvalue weighted by atomic mass is 32.2. The van der Waals surface area contributed by atoms with Crippen LogP contribution in [0.1, 0.15) is 44.6 Å². The second kappa shape index (κ2) is 9.75. The Labute approximate surface area is 168 Å². The van der Waals surface area contributed by atoms with Crippen molar-refractivity contribution in [1.82, 2.24) is 0 Å². The fourth-order valence-electron chi connectivity index (χ4n) is 3.05. The molecule has 2 aromatic rings. The first-order valence-electron chi connectivity index (χ1n) is 9.56. The number of hydrogen-bond donors (Lipinski definition) is 1. The number of nitrogens with two attached hydrogens (primary N) is 1. The Morgan fingerprint density at radius 3 is 2.21 bits per heavy atom. The van der Waals surface area contributed by atoms with E-state index < -0.39 is 10.0 Å². The molecular formula is C22H30N2O3S. The lowest BCUT2D eigenvalue weighted by molar-refractivity contribution is 0.382. The molecule has 0 aromatic heterocycles. The van der Waals surface area contributed by atoms with Gasteiger partial charge in [-0.15, -0.1) is 0 Å². The van der Waals surface area contributed by atoms with Gasteiger partial charge in [0.25, 0.3) is 0 Å². The van der Waals surface area contributed by atoms with Gasteiger partial charge in [0.05, 0.1) is 4.90 Å². The van der Waals surface area contributed by atoms with Gasteiger partial charge < -0.3 is 9.64 Å². The standard InChI is InChI=1S/C22H30N2O3S/c1-5-7-16-24(4)19-10-8-18(9-11-19)22(6-2)17(3)27-20-12-14-21(15-13-20)28(23,25)26/h8-15,22H,3,5-7,16H2,1-2,4H3,(H2,23,25,26). The molecule has 0 bridgehead atoms. The van der Waals surface area contributed by atoms with Gasteiger partial charge in [-0.25, -0.2) is 13.6 Å². The molecule has 2 N–H and O–H groups in total. The number of nitrogens with zero attached hydrogens (tertiary/aromatic N) is 1. The van der Waals surface area contributed by atoms with Crippen LogP contribution in [0.4, 0.5) is 5.69 Å². The first kappa shape index (κ1) is 22.0. The SMILES string of the molecule is C=C(Oc1ccc(S(N)(=O)=O)cc1)C(CC)c1ccc(N(C)CCCC)cc1.